The Bertz CT molecular complexity index is 766. The number of likely N-dealkylation sites (N-methyl/N-ethyl adjacent to an activating group) is 1. The largest absolute Gasteiger partial charge is 0.301 e. The molecule has 1 aromatic rings. The number of benzene rings is 1. The smallest absolute Gasteiger partial charge is 0.282 e. The van der Waals surface area contributed by atoms with E-state index in [4.69, 9.17) is 0 Å². The molecule has 0 bridgehead atoms. The Hall–Kier alpha value is -1.02. The third kappa shape index (κ3) is 3.67. The van der Waals surface area contributed by atoms with Crippen molar-refractivity contribution in [2.45, 2.75) is 56.5 Å². The lowest BCUT2D eigenvalue weighted by Gasteiger charge is -2.39. The van der Waals surface area contributed by atoms with Crippen LogP contribution in [0.4, 0.5) is 4.39 Å². The molecule has 3 aliphatic heterocycles. The summed E-state index contributed by atoms with van der Waals surface area (Å²) in [6.45, 7) is 2.58. The van der Waals surface area contributed by atoms with Gasteiger partial charge in [0, 0.05) is 44.2 Å². The van der Waals surface area contributed by atoms with Crippen molar-refractivity contribution in [2.24, 2.45) is 0 Å². The van der Waals surface area contributed by atoms with Gasteiger partial charge in [-0.05, 0) is 50.4 Å². The fraction of sp³-hybridized carbons (Fsp3) is 0.700. The molecule has 0 amide bonds. The Morgan fingerprint density at radius 3 is 2.52 bits per heavy atom. The van der Waals surface area contributed by atoms with Crippen LogP contribution < -0.4 is 0 Å². The highest BCUT2D eigenvalue weighted by Crippen LogP contribution is 2.40. The lowest BCUT2D eigenvalue weighted by atomic mass is 9.88. The molecule has 150 valence electrons. The van der Waals surface area contributed by atoms with Gasteiger partial charge in [0.15, 0.2) is 0 Å². The van der Waals surface area contributed by atoms with Gasteiger partial charge in [-0.1, -0.05) is 25.0 Å². The molecule has 0 radical (unpaired) electrons. The zero-order chi connectivity index (χ0) is 19.0. The minimum absolute atomic E-state index is 0.00572. The highest BCUT2D eigenvalue weighted by molar-refractivity contribution is 7.86. The quantitative estimate of drug-likeness (QED) is 0.791. The highest BCUT2D eigenvalue weighted by Gasteiger charge is 2.49. The molecule has 3 fully saturated rings. The van der Waals surface area contributed by atoms with Crippen molar-refractivity contribution in [1.82, 2.24) is 13.5 Å². The van der Waals surface area contributed by atoms with Crippen molar-refractivity contribution < 1.29 is 12.8 Å². The van der Waals surface area contributed by atoms with Crippen molar-refractivity contribution in [3.05, 3.63) is 35.6 Å². The topological polar surface area (TPSA) is 43.9 Å². The summed E-state index contributed by atoms with van der Waals surface area (Å²) >= 11 is 0. The molecule has 0 unspecified atom stereocenters. The van der Waals surface area contributed by atoms with Crippen LogP contribution in [0.1, 0.15) is 50.0 Å². The molecule has 3 aliphatic rings. The number of hydrogen-bond donors (Lipinski definition) is 0. The molecule has 0 aromatic heterocycles. The summed E-state index contributed by atoms with van der Waals surface area (Å²) in [7, 11) is -1.40. The third-order valence-electron chi connectivity index (χ3n) is 6.53. The first-order valence-electron chi connectivity index (χ1n) is 10.2. The van der Waals surface area contributed by atoms with Crippen molar-refractivity contribution >= 4 is 10.2 Å². The molecule has 0 saturated carbocycles. The fourth-order valence-electron chi connectivity index (χ4n) is 5.19. The Morgan fingerprint density at radius 1 is 1.04 bits per heavy atom. The monoisotopic (exact) mass is 395 g/mol. The van der Waals surface area contributed by atoms with Crippen LogP contribution in [0.2, 0.25) is 0 Å². The second-order valence-electron chi connectivity index (χ2n) is 8.23. The second kappa shape index (κ2) is 7.78. The van der Waals surface area contributed by atoms with Gasteiger partial charge in [0.05, 0.1) is 0 Å². The minimum atomic E-state index is -3.48. The summed E-state index contributed by atoms with van der Waals surface area (Å²) in [6, 6.07) is 6.79. The first kappa shape index (κ1) is 19.3. The van der Waals surface area contributed by atoms with Crippen LogP contribution in [-0.2, 0) is 10.2 Å². The molecule has 3 atom stereocenters. The molecule has 1 aromatic carbocycles. The zero-order valence-corrected chi connectivity index (χ0v) is 16.9. The van der Waals surface area contributed by atoms with Crippen molar-refractivity contribution in [2.75, 3.05) is 33.2 Å². The maximum absolute atomic E-state index is 13.9. The van der Waals surface area contributed by atoms with Crippen LogP contribution in [0.5, 0.6) is 0 Å². The van der Waals surface area contributed by atoms with Gasteiger partial charge in [0.1, 0.15) is 5.82 Å². The van der Waals surface area contributed by atoms with Gasteiger partial charge in [-0.25, -0.2) is 4.39 Å². The van der Waals surface area contributed by atoms with E-state index in [2.05, 4.69) is 11.9 Å². The Kier molecular flexibility index (Phi) is 5.56. The number of likely N-dealkylation sites (tertiary alicyclic amines) is 1. The average molecular weight is 396 g/mol. The van der Waals surface area contributed by atoms with E-state index in [1.54, 1.807) is 20.7 Å². The van der Waals surface area contributed by atoms with E-state index >= 15 is 0 Å². The van der Waals surface area contributed by atoms with Gasteiger partial charge in [0.25, 0.3) is 10.2 Å². The summed E-state index contributed by atoms with van der Waals surface area (Å²) < 4.78 is 44.4. The predicted molar refractivity (Wildman–Crippen MR) is 104 cm³/mol. The van der Waals surface area contributed by atoms with E-state index in [0.29, 0.717) is 19.6 Å². The van der Waals surface area contributed by atoms with Crippen molar-refractivity contribution in [3.63, 3.8) is 0 Å². The maximum Gasteiger partial charge on any atom is 0.282 e. The van der Waals surface area contributed by atoms with Crippen molar-refractivity contribution in [1.29, 1.82) is 0 Å². The van der Waals surface area contributed by atoms with Gasteiger partial charge < -0.3 is 4.90 Å². The predicted octanol–water partition coefficient (Wildman–Crippen LogP) is 2.81. The van der Waals surface area contributed by atoms with E-state index < -0.39 is 10.2 Å². The van der Waals surface area contributed by atoms with Gasteiger partial charge in [0.2, 0.25) is 0 Å². The molecular formula is C20H30FN3O2S. The standard InChI is InChI=1S/C20H30FN3O2S/c1-22-15-18(16-8-7-9-17(21)14-16)20-19(22)10-3-2-4-13-24(20)27(25,26)23-11-5-6-12-23/h7-9,14,18-20H,2-6,10-13,15H2,1H3/t18-,19+,20-/m0/s1. The van der Waals surface area contributed by atoms with Crippen LogP contribution >= 0.6 is 0 Å². The van der Waals surface area contributed by atoms with Crippen LogP contribution in [0, 0.1) is 5.82 Å². The van der Waals surface area contributed by atoms with E-state index in [1.165, 1.54) is 6.07 Å². The third-order valence-corrected chi connectivity index (χ3v) is 8.57. The van der Waals surface area contributed by atoms with Crippen LogP contribution in [-0.4, -0.2) is 67.2 Å². The summed E-state index contributed by atoms with van der Waals surface area (Å²) in [5.74, 6) is -0.246. The number of nitrogens with zero attached hydrogens (tertiary/aromatic N) is 3. The lowest BCUT2D eigenvalue weighted by Crippen LogP contribution is -2.54. The molecule has 3 saturated heterocycles. The first-order valence-corrected chi connectivity index (χ1v) is 11.6. The van der Waals surface area contributed by atoms with Gasteiger partial charge in [-0.15, -0.1) is 0 Å². The highest BCUT2D eigenvalue weighted by atomic mass is 32.2. The van der Waals surface area contributed by atoms with E-state index in [1.807, 2.05) is 6.07 Å². The van der Waals surface area contributed by atoms with Crippen molar-refractivity contribution in [3.8, 4) is 0 Å². The van der Waals surface area contributed by atoms with Gasteiger partial charge in [-0.2, -0.15) is 17.0 Å². The number of fused-ring (bicyclic) bond motifs is 1. The van der Waals surface area contributed by atoms with E-state index in [9.17, 15) is 12.8 Å². The summed E-state index contributed by atoms with van der Waals surface area (Å²) in [6.07, 6.45) is 5.96. The number of rotatable bonds is 3. The minimum Gasteiger partial charge on any atom is -0.301 e. The normalized spacial score (nSPS) is 31.6. The zero-order valence-electron chi connectivity index (χ0n) is 16.1. The molecule has 27 heavy (non-hydrogen) atoms. The summed E-state index contributed by atoms with van der Waals surface area (Å²) in [5, 5.41) is 0. The molecule has 0 spiro atoms. The Balaban J connectivity index is 1.74. The molecule has 0 aliphatic carbocycles. The summed E-state index contributed by atoms with van der Waals surface area (Å²) in [4.78, 5) is 2.29. The Labute approximate surface area is 162 Å². The van der Waals surface area contributed by atoms with Crippen LogP contribution in [0.25, 0.3) is 0 Å². The summed E-state index contributed by atoms with van der Waals surface area (Å²) in [5.41, 5.74) is 0.913. The molecule has 4 rings (SSSR count). The maximum atomic E-state index is 13.9. The molecular weight excluding hydrogens is 365 g/mol. The second-order valence-corrected chi connectivity index (χ2v) is 10.1. The molecule has 5 nitrogen and oxygen atoms in total. The SMILES string of the molecule is CN1C[C@@H](c2cccc(F)c2)[C@H]2[C@H]1CCCCCN2S(=O)(=O)N1CCCC1. The van der Waals surface area contributed by atoms with E-state index in [0.717, 1.165) is 50.6 Å². The van der Waals surface area contributed by atoms with Gasteiger partial charge >= 0.3 is 0 Å². The fourth-order valence-corrected chi connectivity index (χ4v) is 7.16. The number of halogens is 1. The number of hydrogen-bond acceptors (Lipinski definition) is 3. The lowest BCUT2D eigenvalue weighted by molar-refractivity contribution is 0.186. The van der Waals surface area contributed by atoms with Crippen LogP contribution in [0.15, 0.2) is 24.3 Å². The van der Waals surface area contributed by atoms with Crippen LogP contribution in [0.3, 0.4) is 0 Å². The van der Waals surface area contributed by atoms with Gasteiger partial charge in [-0.3, -0.25) is 0 Å². The first-order chi connectivity index (χ1) is 13.0. The van der Waals surface area contributed by atoms with E-state index in [-0.39, 0.29) is 23.8 Å². The molecule has 7 heteroatoms. The average Bonchev–Trinajstić information content (AvgIpc) is 3.24. The molecule has 0 N–H and O–H groups in total. The Morgan fingerprint density at radius 2 is 1.78 bits per heavy atom. The molecule has 3 heterocycles.